The Kier molecular flexibility index (Phi) is 3.66. The zero-order chi connectivity index (χ0) is 11.3. The van der Waals surface area contributed by atoms with E-state index in [0.29, 0.717) is 0 Å². The molecule has 0 unspecified atom stereocenters. The lowest BCUT2D eigenvalue weighted by molar-refractivity contribution is 0.0942. The summed E-state index contributed by atoms with van der Waals surface area (Å²) in [5, 5.41) is 28.8. The molecule has 0 spiro atoms. The van der Waals surface area contributed by atoms with E-state index in [0.717, 1.165) is 0 Å². The number of hydrogen-bond donors (Lipinski definition) is 3. The molecule has 1 aromatic carbocycles. The van der Waals surface area contributed by atoms with Crippen molar-refractivity contribution in [2.45, 2.75) is 0 Å². The van der Waals surface area contributed by atoms with Crippen molar-refractivity contribution in [2.24, 2.45) is 0 Å². The second-order valence-electron chi connectivity index (χ2n) is 2.82. The molecule has 15 heavy (non-hydrogen) atoms. The van der Waals surface area contributed by atoms with Crippen molar-refractivity contribution in [1.29, 1.82) is 5.26 Å². The first-order valence-corrected chi connectivity index (χ1v) is 4.31. The predicted molar refractivity (Wildman–Crippen MR) is 52.2 cm³/mol. The Labute approximate surface area is 86.6 Å². The summed E-state index contributed by atoms with van der Waals surface area (Å²) in [5.41, 5.74) is 0.369. The van der Waals surface area contributed by atoms with Gasteiger partial charge in [0, 0.05) is 6.54 Å². The molecule has 0 heterocycles. The van der Waals surface area contributed by atoms with Crippen molar-refractivity contribution in [3.8, 4) is 11.8 Å². The standard InChI is InChI=1S/C10H10N2O3/c11-6-7-1-2-8(9(14)5-7)10(15)12-3-4-13/h1-2,5,13-14H,3-4H2,(H,12,15). The van der Waals surface area contributed by atoms with Gasteiger partial charge in [0.1, 0.15) is 5.75 Å². The highest BCUT2D eigenvalue weighted by atomic mass is 16.3. The van der Waals surface area contributed by atoms with E-state index in [9.17, 15) is 9.90 Å². The fourth-order valence-corrected chi connectivity index (χ4v) is 1.06. The number of aliphatic hydroxyl groups is 1. The van der Waals surface area contributed by atoms with Gasteiger partial charge in [-0.15, -0.1) is 0 Å². The normalized spacial score (nSPS) is 9.33. The summed E-state index contributed by atoms with van der Waals surface area (Å²) in [5.74, 6) is -0.726. The Balaban J connectivity index is 2.87. The molecule has 0 atom stereocenters. The number of benzene rings is 1. The number of aromatic hydroxyl groups is 1. The number of aliphatic hydroxyl groups excluding tert-OH is 1. The van der Waals surface area contributed by atoms with Crippen LogP contribution in [0.2, 0.25) is 0 Å². The van der Waals surface area contributed by atoms with Crippen LogP contribution in [0, 0.1) is 11.3 Å². The quantitative estimate of drug-likeness (QED) is 0.648. The van der Waals surface area contributed by atoms with Crippen LogP contribution in [0.4, 0.5) is 0 Å². The number of rotatable bonds is 3. The van der Waals surface area contributed by atoms with Crippen molar-refractivity contribution in [3.63, 3.8) is 0 Å². The maximum Gasteiger partial charge on any atom is 0.255 e. The van der Waals surface area contributed by atoms with E-state index in [-0.39, 0.29) is 30.0 Å². The molecule has 5 nitrogen and oxygen atoms in total. The Hall–Kier alpha value is -2.06. The van der Waals surface area contributed by atoms with Crippen LogP contribution in [0.1, 0.15) is 15.9 Å². The van der Waals surface area contributed by atoms with Crippen molar-refractivity contribution in [3.05, 3.63) is 29.3 Å². The van der Waals surface area contributed by atoms with Crippen LogP contribution in [-0.2, 0) is 0 Å². The van der Waals surface area contributed by atoms with Gasteiger partial charge in [0.05, 0.1) is 23.8 Å². The molecule has 0 aromatic heterocycles. The van der Waals surface area contributed by atoms with Gasteiger partial charge >= 0.3 is 0 Å². The molecule has 0 aliphatic carbocycles. The SMILES string of the molecule is N#Cc1ccc(C(=O)NCCO)c(O)c1. The minimum atomic E-state index is -0.481. The second kappa shape index (κ2) is 4.98. The number of phenols is 1. The zero-order valence-electron chi connectivity index (χ0n) is 7.90. The summed E-state index contributed by atoms with van der Waals surface area (Å²) in [6.45, 7) is -0.0406. The maximum absolute atomic E-state index is 11.4. The molecule has 0 radical (unpaired) electrons. The number of nitrogens with one attached hydrogen (secondary N) is 1. The highest BCUT2D eigenvalue weighted by Crippen LogP contribution is 2.17. The molecule has 0 aliphatic heterocycles. The first-order valence-electron chi connectivity index (χ1n) is 4.31. The van der Waals surface area contributed by atoms with Crippen molar-refractivity contribution in [2.75, 3.05) is 13.2 Å². The first kappa shape index (κ1) is 11.0. The number of amides is 1. The van der Waals surface area contributed by atoms with E-state index in [1.807, 2.05) is 6.07 Å². The average molecular weight is 206 g/mol. The van der Waals surface area contributed by atoms with Gasteiger partial charge in [0.15, 0.2) is 0 Å². The lowest BCUT2D eigenvalue weighted by atomic mass is 10.1. The van der Waals surface area contributed by atoms with Crippen LogP contribution >= 0.6 is 0 Å². The monoisotopic (exact) mass is 206 g/mol. The number of phenolic OH excluding ortho intramolecular Hbond substituents is 1. The molecule has 1 amide bonds. The average Bonchev–Trinajstić information content (AvgIpc) is 2.25. The molecule has 0 fully saturated rings. The third-order valence-corrected chi connectivity index (χ3v) is 1.77. The first-order chi connectivity index (χ1) is 7.19. The van der Waals surface area contributed by atoms with Gasteiger partial charge in [0.25, 0.3) is 5.91 Å². The van der Waals surface area contributed by atoms with E-state index in [1.165, 1.54) is 18.2 Å². The maximum atomic E-state index is 11.4. The van der Waals surface area contributed by atoms with Crippen LogP contribution in [0.5, 0.6) is 5.75 Å². The lowest BCUT2D eigenvalue weighted by Gasteiger charge is -2.05. The summed E-state index contributed by atoms with van der Waals surface area (Å²) in [4.78, 5) is 11.4. The number of hydrogen-bond acceptors (Lipinski definition) is 4. The molecule has 1 aromatic rings. The summed E-state index contributed by atoms with van der Waals surface area (Å²) in [6.07, 6.45) is 0. The predicted octanol–water partition coefficient (Wildman–Crippen LogP) is -0.0140. The van der Waals surface area contributed by atoms with E-state index in [2.05, 4.69) is 5.32 Å². The summed E-state index contributed by atoms with van der Waals surface area (Å²) in [7, 11) is 0. The largest absolute Gasteiger partial charge is 0.507 e. The third kappa shape index (κ3) is 2.69. The van der Waals surface area contributed by atoms with E-state index in [1.54, 1.807) is 0 Å². The number of nitriles is 1. The van der Waals surface area contributed by atoms with Gasteiger partial charge in [-0.25, -0.2) is 0 Å². The number of carbonyl (C=O) groups excluding carboxylic acids is 1. The van der Waals surface area contributed by atoms with Crippen molar-refractivity contribution in [1.82, 2.24) is 5.32 Å². The van der Waals surface area contributed by atoms with Crippen molar-refractivity contribution < 1.29 is 15.0 Å². The third-order valence-electron chi connectivity index (χ3n) is 1.77. The van der Waals surface area contributed by atoms with E-state index < -0.39 is 5.91 Å². The van der Waals surface area contributed by atoms with Crippen LogP contribution in [0.25, 0.3) is 0 Å². The van der Waals surface area contributed by atoms with Crippen LogP contribution in [0.15, 0.2) is 18.2 Å². The smallest absolute Gasteiger partial charge is 0.255 e. The number of nitrogens with zero attached hydrogens (tertiary/aromatic N) is 1. The van der Waals surface area contributed by atoms with Gasteiger partial charge in [-0.2, -0.15) is 5.26 Å². The molecular weight excluding hydrogens is 196 g/mol. The molecule has 78 valence electrons. The zero-order valence-corrected chi connectivity index (χ0v) is 7.90. The van der Waals surface area contributed by atoms with E-state index >= 15 is 0 Å². The summed E-state index contributed by atoms with van der Waals surface area (Å²) < 4.78 is 0. The Morgan fingerprint density at radius 3 is 2.80 bits per heavy atom. The summed E-state index contributed by atoms with van der Waals surface area (Å²) >= 11 is 0. The molecule has 3 N–H and O–H groups in total. The van der Waals surface area contributed by atoms with Gasteiger partial charge in [0.2, 0.25) is 0 Å². The molecule has 5 heteroatoms. The van der Waals surface area contributed by atoms with Crippen molar-refractivity contribution >= 4 is 5.91 Å². The second-order valence-corrected chi connectivity index (χ2v) is 2.82. The highest BCUT2D eigenvalue weighted by molar-refractivity contribution is 5.96. The van der Waals surface area contributed by atoms with Gasteiger partial charge < -0.3 is 15.5 Å². The fourth-order valence-electron chi connectivity index (χ4n) is 1.06. The fraction of sp³-hybridized carbons (Fsp3) is 0.200. The molecule has 1 rings (SSSR count). The molecular formula is C10H10N2O3. The minimum Gasteiger partial charge on any atom is -0.507 e. The number of carbonyl (C=O) groups is 1. The Morgan fingerprint density at radius 2 is 2.27 bits per heavy atom. The van der Waals surface area contributed by atoms with Crippen LogP contribution in [-0.4, -0.2) is 29.3 Å². The van der Waals surface area contributed by atoms with Gasteiger partial charge in [-0.1, -0.05) is 0 Å². The van der Waals surface area contributed by atoms with Gasteiger partial charge in [-0.05, 0) is 18.2 Å². The Morgan fingerprint density at radius 1 is 1.53 bits per heavy atom. The topological polar surface area (TPSA) is 93.4 Å². The van der Waals surface area contributed by atoms with Gasteiger partial charge in [-0.3, -0.25) is 4.79 Å². The molecule has 0 saturated heterocycles. The van der Waals surface area contributed by atoms with Crippen LogP contribution < -0.4 is 5.32 Å². The summed E-state index contributed by atoms with van der Waals surface area (Å²) in [6, 6.07) is 5.86. The lowest BCUT2D eigenvalue weighted by Crippen LogP contribution is -2.26. The Bertz CT molecular complexity index is 410. The highest BCUT2D eigenvalue weighted by Gasteiger charge is 2.10. The minimum absolute atomic E-state index is 0.0856. The van der Waals surface area contributed by atoms with E-state index in [4.69, 9.17) is 10.4 Å². The molecule has 0 saturated carbocycles. The molecule has 0 bridgehead atoms. The molecule has 0 aliphatic rings. The van der Waals surface area contributed by atoms with Crippen LogP contribution in [0.3, 0.4) is 0 Å².